The molecule has 4 heterocycles. The molecule has 0 spiro atoms. The number of imidazole rings is 1. The van der Waals surface area contributed by atoms with Gasteiger partial charge in [0.1, 0.15) is 11.3 Å². The van der Waals surface area contributed by atoms with Crippen LogP contribution in [-0.2, 0) is 18.4 Å². The number of halogens is 8. The standard InChI is InChI=1S/C33H34Cl2F6N8O2/c1-31(2,3)29(51)43-16-17-8-9-20(34)24(23(17)35)45-30-44-22-15-19(28(50)46-25(33(39,40)41)21-7-5-6-12-42-21)26(47-27(22)48(30)4)49-13-10-18(11-14-49)32(36,37)38/h5-9,12,15,18,25H,10-11,13-14,16H2,1-4H3,(H,43,51)(H,44,45)(H,46,50). The summed E-state index contributed by atoms with van der Waals surface area (Å²) in [4.78, 5) is 40.4. The first kappa shape index (κ1) is 37.9. The van der Waals surface area contributed by atoms with Crippen LogP contribution in [-0.4, -0.2) is 56.8 Å². The molecule has 1 atom stereocenters. The zero-order valence-corrected chi connectivity index (χ0v) is 29.3. The Morgan fingerprint density at radius 1 is 1.00 bits per heavy atom. The molecule has 2 amide bonds. The molecule has 10 nitrogen and oxygen atoms in total. The molecule has 0 aliphatic carbocycles. The van der Waals surface area contributed by atoms with E-state index in [0.29, 0.717) is 5.56 Å². The Morgan fingerprint density at radius 2 is 1.69 bits per heavy atom. The Morgan fingerprint density at radius 3 is 2.27 bits per heavy atom. The van der Waals surface area contributed by atoms with Gasteiger partial charge in [0.15, 0.2) is 11.7 Å². The van der Waals surface area contributed by atoms with Crippen molar-refractivity contribution in [3.05, 3.63) is 69.5 Å². The summed E-state index contributed by atoms with van der Waals surface area (Å²) in [7, 11) is 1.57. The zero-order chi connectivity index (χ0) is 37.5. The van der Waals surface area contributed by atoms with Crippen molar-refractivity contribution in [2.24, 2.45) is 18.4 Å². The molecule has 3 aromatic heterocycles. The summed E-state index contributed by atoms with van der Waals surface area (Å²) in [6.07, 6.45) is -8.80. The lowest BCUT2D eigenvalue weighted by molar-refractivity contribution is -0.179. The lowest BCUT2D eigenvalue weighted by Gasteiger charge is -2.34. The van der Waals surface area contributed by atoms with Crippen molar-refractivity contribution in [3.63, 3.8) is 0 Å². The van der Waals surface area contributed by atoms with Crippen LogP contribution in [0.2, 0.25) is 10.0 Å². The Hall–Kier alpha value is -4.31. The van der Waals surface area contributed by atoms with Gasteiger partial charge < -0.3 is 20.9 Å². The van der Waals surface area contributed by atoms with Crippen LogP contribution >= 0.6 is 23.2 Å². The van der Waals surface area contributed by atoms with Gasteiger partial charge in [0, 0.05) is 38.3 Å². The van der Waals surface area contributed by atoms with E-state index in [0.717, 1.165) is 12.3 Å². The highest BCUT2D eigenvalue weighted by Crippen LogP contribution is 2.39. The summed E-state index contributed by atoms with van der Waals surface area (Å²) in [5.74, 6) is -2.94. The van der Waals surface area contributed by atoms with E-state index in [9.17, 15) is 35.9 Å². The van der Waals surface area contributed by atoms with Gasteiger partial charge >= 0.3 is 12.4 Å². The zero-order valence-electron chi connectivity index (χ0n) is 27.8. The van der Waals surface area contributed by atoms with E-state index in [1.54, 1.807) is 40.0 Å². The van der Waals surface area contributed by atoms with Crippen molar-refractivity contribution in [1.29, 1.82) is 0 Å². The lowest BCUT2D eigenvalue weighted by Crippen LogP contribution is -2.42. The van der Waals surface area contributed by atoms with E-state index in [1.165, 1.54) is 27.7 Å². The smallest absolute Gasteiger partial charge is 0.356 e. The topological polar surface area (TPSA) is 117 Å². The van der Waals surface area contributed by atoms with Crippen LogP contribution in [0, 0.1) is 11.3 Å². The molecule has 1 unspecified atom stereocenters. The fourth-order valence-electron chi connectivity index (χ4n) is 5.52. The number of piperidine rings is 1. The average molecular weight is 760 g/mol. The fraction of sp³-hybridized carbons (Fsp3) is 0.424. The molecule has 1 aliphatic rings. The van der Waals surface area contributed by atoms with Crippen LogP contribution in [0.5, 0.6) is 0 Å². The third-order valence-electron chi connectivity index (χ3n) is 8.44. The second kappa shape index (κ2) is 14.4. The summed E-state index contributed by atoms with van der Waals surface area (Å²) < 4.78 is 84.5. The van der Waals surface area contributed by atoms with Gasteiger partial charge in [-0.15, -0.1) is 0 Å². The van der Waals surface area contributed by atoms with Crippen molar-refractivity contribution < 1.29 is 35.9 Å². The maximum atomic E-state index is 14.2. The van der Waals surface area contributed by atoms with Crippen molar-refractivity contribution in [2.45, 2.75) is 58.6 Å². The van der Waals surface area contributed by atoms with Gasteiger partial charge in [-0.25, -0.2) is 9.97 Å². The number of rotatable bonds is 8. The number of fused-ring (bicyclic) bond motifs is 1. The van der Waals surface area contributed by atoms with Gasteiger partial charge in [0.25, 0.3) is 5.91 Å². The van der Waals surface area contributed by atoms with Crippen LogP contribution in [0.3, 0.4) is 0 Å². The number of carbonyl (C=O) groups is 2. The van der Waals surface area contributed by atoms with Gasteiger partial charge in [-0.2, -0.15) is 26.3 Å². The highest BCUT2D eigenvalue weighted by atomic mass is 35.5. The molecule has 51 heavy (non-hydrogen) atoms. The number of anilines is 3. The van der Waals surface area contributed by atoms with Crippen LogP contribution in [0.25, 0.3) is 11.2 Å². The highest BCUT2D eigenvalue weighted by molar-refractivity contribution is 6.39. The first-order chi connectivity index (χ1) is 23.8. The number of hydrogen-bond acceptors (Lipinski definition) is 7. The first-order valence-corrected chi connectivity index (χ1v) is 16.5. The molecular formula is C33H34Cl2F6N8O2. The van der Waals surface area contributed by atoms with Gasteiger partial charge in [0.05, 0.1) is 32.9 Å². The monoisotopic (exact) mass is 758 g/mol. The minimum Gasteiger partial charge on any atom is -0.356 e. The third kappa shape index (κ3) is 8.43. The molecule has 5 rings (SSSR count). The Balaban J connectivity index is 1.53. The van der Waals surface area contributed by atoms with E-state index in [1.807, 2.05) is 5.32 Å². The summed E-state index contributed by atoms with van der Waals surface area (Å²) in [5, 5.41) is 8.23. The molecule has 0 saturated carbocycles. The highest BCUT2D eigenvalue weighted by Gasteiger charge is 2.44. The number of aryl methyl sites for hydroxylation is 1. The van der Waals surface area contributed by atoms with E-state index in [-0.39, 0.29) is 82.6 Å². The number of alkyl halides is 6. The Kier molecular flexibility index (Phi) is 10.7. The molecule has 4 aromatic rings. The van der Waals surface area contributed by atoms with Crippen molar-refractivity contribution in [1.82, 2.24) is 30.2 Å². The van der Waals surface area contributed by atoms with E-state index >= 15 is 0 Å². The molecule has 18 heteroatoms. The summed E-state index contributed by atoms with van der Waals surface area (Å²) >= 11 is 13.2. The molecule has 1 aliphatic heterocycles. The van der Waals surface area contributed by atoms with Crippen molar-refractivity contribution >= 4 is 63.6 Å². The number of hydrogen-bond donors (Lipinski definition) is 3. The quantitative estimate of drug-likeness (QED) is 0.157. The molecule has 1 fully saturated rings. The van der Waals surface area contributed by atoms with E-state index in [2.05, 4.69) is 25.6 Å². The van der Waals surface area contributed by atoms with E-state index in [4.69, 9.17) is 23.2 Å². The minimum absolute atomic E-state index is 0.0845. The minimum atomic E-state index is -4.93. The largest absolute Gasteiger partial charge is 0.414 e. The van der Waals surface area contributed by atoms with Crippen LogP contribution in [0.15, 0.2) is 42.6 Å². The Bertz CT molecular complexity index is 1920. The average Bonchev–Trinajstić information content (AvgIpc) is 3.37. The number of pyridine rings is 2. The molecule has 3 N–H and O–H groups in total. The second-order valence-electron chi connectivity index (χ2n) is 13.2. The van der Waals surface area contributed by atoms with Gasteiger partial charge in [0.2, 0.25) is 11.9 Å². The maximum absolute atomic E-state index is 14.2. The number of aromatic nitrogens is 4. The van der Waals surface area contributed by atoms with E-state index < -0.39 is 41.3 Å². The summed E-state index contributed by atoms with van der Waals surface area (Å²) in [6.45, 7) is 5.07. The maximum Gasteiger partial charge on any atom is 0.414 e. The molecule has 1 saturated heterocycles. The first-order valence-electron chi connectivity index (χ1n) is 15.8. The Labute approximate surface area is 298 Å². The van der Waals surface area contributed by atoms with Crippen molar-refractivity contribution in [3.8, 4) is 0 Å². The second-order valence-corrected chi connectivity index (χ2v) is 13.9. The molecule has 0 radical (unpaired) electrons. The number of carbonyl (C=O) groups excluding carboxylic acids is 2. The SMILES string of the molecule is Cn1c(Nc2c(Cl)ccc(CNC(=O)C(C)(C)C)c2Cl)nc2cc(C(=O)NC(c3ccccn3)C(F)(F)F)c(N3CCC(C(F)(F)F)CC3)nc21. The normalized spacial score (nSPS) is 15.2. The van der Waals surface area contributed by atoms with Gasteiger partial charge in [-0.05, 0) is 42.7 Å². The van der Waals surface area contributed by atoms with Crippen LogP contribution < -0.4 is 20.9 Å². The molecule has 1 aromatic carbocycles. The summed E-state index contributed by atoms with van der Waals surface area (Å²) in [5.41, 5.74) is -0.409. The molecular weight excluding hydrogens is 725 g/mol. The number of benzene rings is 1. The fourth-order valence-corrected chi connectivity index (χ4v) is 6.05. The molecule has 0 bridgehead atoms. The van der Waals surface area contributed by atoms with Crippen LogP contribution in [0.4, 0.5) is 43.8 Å². The number of amides is 2. The molecule has 274 valence electrons. The third-order valence-corrected chi connectivity index (χ3v) is 9.19. The van der Waals surface area contributed by atoms with Crippen LogP contribution in [0.1, 0.15) is 61.3 Å². The number of nitrogens with one attached hydrogen (secondary N) is 3. The predicted molar refractivity (Wildman–Crippen MR) is 181 cm³/mol. The lowest BCUT2D eigenvalue weighted by atomic mass is 9.95. The summed E-state index contributed by atoms with van der Waals surface area (Å²) in [6, 6.07) is 5.84. The van der Waals surface area contributed by atoms with Gasteiger partial charge in [-0.1, -0.05) is 56.1 Å². The predicted octanol–water partition coefficient (Wildman–Crippen LogP) is 7.89. The van der Waals surface area contributed by atoms with Crippen molar-refractivity contribution in [2.75, 3.05) is 23.3 Å². The number of nitrogens with zero attached hydrogens (tertiary/aromatic N) is 5. The van der Waals surface area contributed by atoms with Gasteiger partial charge in [-0.3, -0.25) is 19.1 Å².